The highest BCUT2D eigenvalue weighted by atomic mass is 16.3. The normalized spacial score (nSPS) is 14.0. The predicted octanol–water partition coefficient (Wildman–Crippen LogP) is 13.3. The molecule has 1 atom stereocenters. The number of furan rings is 1. The maximum absolute atomic E-state index is 6.89. The molecule has 4 aromatic heterocycles. The van der Waals surface area contributed by atoms with E-state index in [1.807, 2.05) is 66.7 Å². The van der Waals surface area contributed by atoms with Crippen LogP contribution < -0.4 is 0 Å². The number of allylic oxidation sites excluding steroid dienone is 1. The van der Waals surface area contributed by atoms with Gasteiger partial charge in [-0.25, -0.2) is 4.98 Å². The fourth-order valence-electron chi connectivity index (χ4n) is 9.18. The Hall–Kier alpha value is -7.57. The molecule has 1 aliphatic rings. The van der Waals surface area contributed by atoms with E-state index < -0.39 is 0 Å². The van der Waals surface area contributed by atoms with Crippen LogP contribution in [-0.4, -0.2) is 24.1 Å². The summed E-state index contributed by atoms with van der Waals surface area (Å²) in [6.45, 7) is 2.34. The Kier molecular flexibility index (Phi) is 7.17. The van der Waals surface area contributed by atoms with E-state index in [1.54, 1.807) is 0 Å². The second kappa shape index (κ2) is 12.7. The van der Waals surface area contributed by atoms with E-state index in [4.69, 9.17) is 19.4 Å². The number of rotatable bonds is 5. The minimum atomic E-state index is 0.385. The minimum Gasteiger partial charge on any atom is -0.454 e. The molecule has 4 heterocycles. The molecule has 0 N–H and O–H groups in total. The zero-order chi connectivity index (χ0) is 38.3. The van der Waals surface area contributed by atoms with Gasteiger partial charge in [-0.05, 0) is 53.9 Å². The molecule has 0 spiro atoms. The third kappa shape index (κ3) is 4.88. The second-order valence-corrected chi connectivity index (χ2v) is 15.2. The van der Waals surface area contributed by atoms with E-state index in [-0.39, 0.29) is 0 Å². The molecule has 1 unspecified atom stereocenters. The Balaban J connectivity index is 1.22. The standard InChI is InChI=1S/C52H35N5O/c1-32-16-15-25-39-37-29-28-35(30-44(37)56(47(32)39)36-21-9-4-10-22-36)41-31-42-38-23-12-14-27-45(38)58-49(42)48-46(41)40-24-11-13-26-43(40)57(48)52-54-50(33-17-5-2-6-18-33)53-51(55-52)34-19-7-3-8-20-34/h2-15,17-32H,16H2,1H3. The summed E-state index contributed by atoms with van der Waals surface area (Å²) in [5.41, 5.74) is 12.6. The lowest BCUT2D eigenvalue weighted by molar-refractivity contribution is 0.670. The summed E-state index contributed by atoms with van der Waals surface area (Å²) >= 11 is 0. The Morgan fingerprint density at radius 2 is 1.21 bits per heavy atom. The number of hydrogen-bond acceptors (Lipinski definition) is 4. The number of para-hydroxylation sites is 3. The highest BCUT2D eigenvalue weighted by Gasteiger charge is 2.27. The highest BCUT2D eigenvalue weighted by molar-refractivity contribution is 6.26. The molecule has 6 heteroatoms. The Labute approximate surface area is 334 Å². The van der Waals surface area contributed by atoms with Gasteiger partial charge in [-0.2, -0.15) is 9.97 Å². The number of aromatic nitrogens is 5. The van der Waals surface area contributed by atoms with Crippen LogP contribution in [0.5, 0.6) is 0 Å². The number of nitrogens with zero attached hydrogens (tertiary/aromatic N) is 5. The first-order valence-electron chi connectivity index (χ1n) is 19.8. The maximum Gasteiger partial charge on any atom is 0.238 e. The Bertz CT molecular complexity index is 3370. The molecule has 1 aliphatic carbocycles. The molecule has 0 fully saturated rings. The number of benzene rings is 7. The van der Waals surface area contributed by atoms with Crippen LogP contribution in [0.1, 0.15) is 30.5 Å². The van der Waals surface area contributed by atoms with Gasteiger partial charge in [0.1, 0.15) is 11.1 Å². The molecule has 11 aromatic rings. The van der Waals surface area contributed by atoms with Gasteiger partial charge in [0.15, 0.2) is 17.2 Å². The van der Waals surface area contributed by atoms with Gasteiger partial charge in [0, 0.05) is 60.9 Å². The van der Waals surface area contributed by atoms with E-state index in [0.29, 0.717) is 23.5 Å². The van der Waals surface area contributed by atoms with Crippen LogP contribution in [-0.2, 0) is 0 Å². The first-order valence-corrected chi connectivity index (χ1v) is 19.8. The fraction of sp³-hybridized carbons (Fsp3) is 0.0577. The average molecular weight is 746 g/mol. The van der Waals surface area contributed by atoms with Crippen molar-refractivity contribution in [1.82, 2.24) is 24.1 Å². The minimum absolute atomic E-state index is 0.385. The van der Waals surface area contributed by atoms with E-state index in [0.717, 1.165) is 72.4 Å². The van der Waals surface area contributed by atoms with Crippen LogP contribution in [0.3, 0.4) is 0 Å². The average Bonchev–Trinajstić information content (AvgIpc) is 3.95. The Morgan fingerprint density at radius 1 is 0.552 bits per heavy atom. The van der Waals surface area contributed by atoms with Crippen LogP contribution in [0.25, 0.3) is 106 Å². The molecule has 12 rings (SSSR count). The van der Waals surface area contributed by atoms with Crippen LogP contribution in [0.2, 0.25) is 0 Å². The summed E-state index contributed by atoms with van der Waals surface area (Å²) in [5.74, 6) is 2.12. The van der Waals surface area contributed by atoms with Crippen LogP contribution >= 0.6 is 0 Å². The van der Waals surface area contributed by atoms with Crippen molar-refractivity contribution in [1.29, 1.82) is 0 Å². The summed E-state index contributed by atoms with van der Waals surface area (Å²) in [7, 11) is 0. The van der Waals surface area contributed by atoms with Crippen LogP contribution in [0.15, 0.2) is 174 Å². The summed E-state index contributed by atoms with van der Waals surface area (Å²) < 4.78 is 11.6. The van der Waals surface area contributed by atoms with Crippen molar-refractivity contribution in [3.8, 4) is 45.5 Å². The van der Waals surface area contributed by atoms with Crippen molar-refractivity contribution in [2.45, 2.75) is 19.3 Å². The zero-order valence-electron chi connectivity index (χ0n) is 31.7. The summed E-state index contributed by atoms with van der Waals surface area (Å²) in [4.78, 5) is 15.5. The van der Waals surface area contributed by atoms with Gasteiger partial charge in [0.05, 0.1) is 11.0 Å². The molecule has 0 saturated heterocycles. The lowest BCUT2D eigenvalue weighted by atomic mass is 9.92. The van der Waals surface area contributed by atoms with Gasteiger partial charge < -0.3 is 8.98 Å². The van der Waals surface area contributed by atoms with Crippen molar-refractivity contribution in [2.75, 3.05) is 0 Å². The van der Waals surface area contributed by atoms with Gasteiger partial charge in [-0.1, -0.05) is 146 Å². The van der Waals surface area contributed by atoms with Gasteiger partial charge in [-0.15, -0.1) is 0 Å². The Morgan fingerprint density at radius 3 is 1.95 bits per heavy atom. The van der Waals surface area contributed by atoms with E-state index in [9.17, 15) is 0 Å². The molecule has 0 amide bonds. The largest absolute Gasteiger partial charge is 0.454 e. The SMILES string of the molecule is CC1CC=Cc2c1n(-c1ccccc1)c1cc(-c3cc4c5ccccc5oc4c4c3c3ccccc3n4-c3nc(-c4ccccc4)nc(-c4ccccc4)n3)ccc21. The molecule has 58 heavy (non-hydrogen) atoms. The lowest BCUT2D eigenvalue weighted by Gasteiger charge is -2.19. The monoisotopic (exact) mass is 745 g/mol. The smallest absolute Gasteiger partial charge is 0.238 e. The number of hydrogen-bond donors (Lipinski definition) is 0. The van der Waals surface area contributed by atoms with E-state index in [1.165, 1.54) is 27.8 Å². The van der Waals surface area contributed by atoms with Crippen molar-refractivity contribution >= 4 is 60.7 Å². The number of fused-ring (bicyclic) bond motifs is 10. The van der Waals surface area contributed by atoms with E-state index in [2.05, 4.69) is 125 Å². The van der Waals surface area contributed by atoms with Crippen molar-refractivity contribution in [3.05, 3.63) is 181 Å². The third-order valence-electron chi connectivity index (χ3n) is 11.8. The molecular formula is C52H35N5O. The molecule has 0 bridgehead atoms. The van der Waals surface area contributed by atoms with Gasteiger partial charge in [-0.3, -0.25) is 4.57 Å². The topological polar surface area (TPSA) is 61.7 Å². The summed E-state index contributed by atoms with van der Waals surface area (Å²) in [5, 5.41) is 5.53. The van der Waals surface area contributed by atoms with Gasteiger partial charge in [0.2, 0.25) is 5.95 Å². The first-order chi connectivity index (χ1) is 28.7. The van der Waals surface area contributed by atoms with Gasteiger partial charge in [0.25, 0.3) is 0 Å². The van der Waals surface area contributed by atoms with Gasteiger partial charge >= 0.3 is 0 Å². The molecule has 0 saturated carbocycles. The third-order valence-corrected chi connectivity index (χ3v) is 11.8. The molecule has 0 radical (unpaired) electrons. The fourth-order valence-corrected chi connectivity index (χ4v) is 9.18. The molecule has 274 valence electrons. The molecule has 6 nitrogen and oxygen atoms in total. The van der Waals surface area contributed by atoms with Crippen LogP contribution in [0, 0.1) is 0 Å². The summed E-state index contributed by atoms with van der Waals surface area (Å²) in [6.07, 6.45) is 5.65. The zero-order valence-corrected chi connectivity index (χ0v) is 31.7. The van der Waals surface area contributed by atoms with Crippen LogP contribution in [0.4, 0.5) is 0 Å². The van der Waals surface area contributed by atoms with Crippen molar-refractivity contribution < 1.29 is 4.42 Å². The molecular weight excluding hydrogens is 711 g/mol. The first kappa shape index (κ1) is 32.7. The molecule has 0 aliphatic heterocycles. The highest BCUT2D eigenvalue weighted by Crippen LogP contribution is 2.47. The maximum atomic E-state index is 6.89. The quantitative estimate of drug-likeness (QED) is 0.176. The predicted molar refractivity (Wildman–Crippen MR) is 237 cm³/mol. The van der Waals surface area contributed by atoms with E-state index >= 15 is 0 Å². The van der Waals surface area contributed by atoms with Crippen molar-refractivity contribution in [3.63, 3.8) is 0 Å². The summed E-state index contributed by atoms with van der Waals surface area (Å²) in [6, 6.07) is 57.3. The molecule has 7 aromatic carbocycles. The lowest BCUT2D eigenvalue weighted by Crippen LogP contribution is -2.06. The van der Waals surface area contributed by atoms with Crippen molar-refractivity contribution in [2.24, 2.45) is 0 Å². The second-order valence-electron chi connectivity index (χ2n) is 15.2.